The van der Waals surface area contributed by atoms with Gasteiger partial charge in [0, 0.05) is 31.2 Å². The average molecular weight is 414 g/mol. The topological polar surface area (TPSA) is 86.6 Å². The third-order valence-corrected chi connectivity index (χ3v) is 5.57. The molecule has 164 valence electrons. The fourth-order valence-corrected chi connectivity index (χ4v) is 3.87. The van der Waals surface area contributed by atoms with Gasteiger partial charge in [-0.3, -0.25) is 9.59 Å². The average Bonchev–Trinajstić information content (AvgIpc) is 3.00. The lowest BCUT2D eigenvalue weighted by Crippen LogP contribution is -2.21. The predicted octanol–water partition coefficient (Wildman–Crippen LogP) is 3.36. The highest BCUT2D eigenvalue weighted by molar-refractivity contribution is 5.86. The van der Waals surface area contributed by atoms with Gasteiger partial charge in [-0.25, -0.2) is 0 Å². The molecule has 0 spiro atoms. The van der Waals surface area contributed by atoms with Gasteiger partial charge in [0.15, 0.2) is 0 Å². The number of nitrogens with one attached hydrogen (secondary N) is 1. The van der Waals surface area contributed by atoms with Crippen LogP contribution < -0.4 is 5.32 Å². The monoisotopic (exact) mass is 413 g/mol. The van der Waals surface area contributed by atoms with Gasteiger partial charge < -0.3 is 15.5 Å². The van der Waals surface area contributed by atoms with Gasteiger partial charge in [-0.2, -0.15) is 0 Å². The molecular weight excluding hydrogens is 378 g/mol. The van der Waals surface area contributed by atoms with E-state index in [1.54, 1.807) is 12.2 Å². The lowest BCUT2D eigenvalue weighted by atomic mass is 9.90. The SMILES string of the molecule is CCNC(=O)CCC/C=C\C[C@H]1[C@@H](O)CC(=O)[C@@H]1/C=C/[C@@H](O)CCc1ccccc1. The Balaban J connectivity index is 1.78. The molecule has 0 aromatic heterocycles. The molecule has 0 heterocycles. The highest BCUT2D eigenvalue weighted by Crippen LogP contribution is 2.33. The van der Waals surface area contributed by atoms with Gasteiger partial charge in [0.25, 0.3) is 0 Å². The molecular formula is C25H35NO4. The summed E-state index contributed by atoms with van der Waals surface area (Å²) >= 11 is 0. The molecule has 1 aromatic carbocycles. The number of carbonyl (C=O) groups excluding carboxylic acids is 2. The number of hydrogen-bond donors (Lipinski definition) is 3. The molecule has 0 saturated heterocycles. The number of rotatable bonds is 12. The van der Waals surface area contributed by atoms with Crippen molar-refractivity contribution in [3.63, 3.8) is 0 Å². The van der Waals surface area contributed by atoms with Gasteiger partial charge in [0.1, 0.15) is 5.78 Å². The highest BCUT2D eigenvalue weighted by atomic mass is 16.3. The van der Waals surface area contributed by atoms with Crippen LogP contribution >= 0.6 is 0 Å². The first-order valence-corrected chi connectivity index (χ1v) is 11.0. The van der Waals surface area contributed by atoms with Crippen LogP contribution in [0, 0.1) is 11.8 Å². The van der Waals surface area contributed by atoms with Crippen LogP contribution in [0.1, 0.15) is 51.0 Å². The summed E-state index contributed by atoms with van der Waals surface area (Å²) in [7, 11) is 0. The van der Waals surface area contributed by atoms with Gasteiger partial charge in [-0.1, -0.05) is 54.6 Å². The summed E-state index contributed by atoms with van der Waals surface area (Å²) in [6.45, 7) is 2.55. The molecule has 0 unspecified atom stereocenters. The minimum absolute atomic E-state index is 0.0312. The minimum Gasteiger partial charge on any atom is -0.392 e. The highest BCUT2D eigenvalue weighted by Gasteiger charge is 2.39. The molecule has 1 saturated carbocycles. The number of amides is 1. The number of aliphatic hydroxyl groups is 2. The normalized spacial score (nSPS) is 22.8. The third-order valence-electron chi connectivity index (χ3n) is 5.57. The van der Waals surface area contributed by atoms with Gasteiger partial charge in [0.2, 0.25) is 5.91 Å². The summed E-state index contributed by atoms with van der Waals surface area (Å²) < 4.78 is 0. The van der Waals surface area contributed by atoms with Gasteiger partial charge in [-0.05, 0) is 44.6 Å². The van der Waals surface area contributed by atoms with Crippen molar-refractivity contribution in [2.75, 3.05) is 6.54 Å². The predicted molar refractivity (Wildman–Crippen MR) is 119 cm³/mol. The van der Waals surface area contributed by atoms with E-state index in [2.05, 4.69) is 5.32 Å². The smallest absolute Gasteiger partial charge is 0.219 e. The number of benzene rings is 1. The number of allylic oxidation sites excluding steroid dienone is 3. The Morgan fingerprint density at radius 2 is 2.03 bits per heavy atom. The lowest BCUT2D eigenvalue weighted by Gasteiger charge is -2.17. The molecule has 1 aliphatic carbocycles. The second-order valence-corrected chi connectivity index (χ2v) is 7.96. The summed E-state index contributed by atoms with van der Waals surface area (Å²) in [4.78, 5) is 23.7. The lowest BCUT2D eigenvalue weighted by molar-refractivity contribution is -0.121. The maximum atomic E-state index is 12.3. The van der Waals surface area contributed by atoms with Gasteiger partial charge in [-0.15, -0.1) is 0 Å². The number of Topliss-reactive ketones (excluding diaryl/α,β-unsaturated/α-hetero) is 1. The minimum atomic E-state index is -0.645. The van der Waals surface area contributed by atoms with Crippen LogP contribution in [0.2, 0.25) is 0 Å². The van der Waals surface area contributed by atoms with Crippen LogP contribution in [0.15, 0.2) is 54.6 Å². The number of ketones is 1. The molecule has 2 rings (SSSR count). The van der Waals surface area contributed by atoms with E-state index in [4.69, 9.17) is 0 Å². The molecule has 4 atom stereocenters. The van der Waals surface area contributed by atoms with E-state index in [1.807, 2.05) is 49.4 Å². The third kappa shape index (κ3) is 8.25. The zero-order valence-electron chi connectivity index (χ0n) is 17.9. The van der Waals surface area contributed by atoms with E-state index in [-0.39, 0.29) is 29.9 Å². The zero-order chi connectivity index (χ0) is 21.8. The van der Waals surface area contributed by atoms with Crippen LogP contribution in [0.5, 0.6) is 0 Å². The van der Waals surface area contributed by atoms with Crippen molar-refractivity contribution < 1.29 is 19.8 Å². The van der Waals surface area contributed by atoms with E-state index >= 15 is 0 Å². The second-order valence-electron chi connectivity index (χ2n) is 7.96. The Morgan fingerprint density at radius 3 is 2.77 bits per heavy atom. The number of carbonyl (C=O) groups is 2. The molecule has 0 radical (unpaired) electrons. The first-order chi connectivity index (χ1) is 14.5. The number of aliphatic hydroxyl groups excluding tert-OH is 2. The molecule has 1 aromatic rings. The number of unbranched alkanes of at least 4 members (excludes halogenated alkanes) is 1. The van der Waals surface area contributed by atoms with Crippen molar-refractivity contribution in [2.45, 2.75) is 64.1 Å². The maximum absolute atomic E-state index is 12.3. The maximum Gasteiger partial charge on any atom is 0.219 e. The molecule has 3 N–H and O–H groups in total. The summed E-state index contributed by atoms with van der Waals surface area (Å²) in [6.07, 6.45) is 10.5. The molecule has 0 bridgehead atoms. The summed E-state index contributed by atoms with van der Waals surface area (Å²) in [6, 6.07) is 9.99. The van der Waals surface area contributed by atoms with Crippen LogP contribution in [-0.2, 0) is 16.0 Å². The fraction of sp³-hybridized carbons (Fsp3) is 0.520. The molecule has 0 aliphatic heterocycles. The molecule has 5 heteroatoms. The van der Waals surface area contributed by atoms with E-state index in [9.17, 15) is 19.8 Å². The Labute approximate surface area is 179 Å². The largest absolute Gasteiger partial charge is 0.392 e. The van der Waals surface area contributed by atoms with Crippen LogP contribution in [0.3, 0.4) is 0 Å². The van der Waals surface area contributed by atoms with Crippen molar-refractivity contribution in [1.29, 1.82) is 0 Å². The Kier molecular flexibility index (Phi) is 10.5. The standard InChI is InChI=1S/C25H35NO4/c1-2-26-25(30)13-9-4-3-8-12-21-22(24(29)18-23(21)28)17-16-20(27)15-14-19-10-6-5-7-11-19/h3,5-8,10-11,16-17,20-23,27-28H,2,4,9,12-15,18H2,1H3,(H,26,30)/b8-3-,17-16+/t20-,21+,22+,23-/m0/s1. The second kappa shape index (κ2) is 13.1. The van der Waals surface area contributed by atoms with Crippen molar-refractivity contribution in [3.8, 4) is 0 Å². The van der Waals surface area contributed by atoms with E-state index in [1.165, 1.54) is 5.56 Å². The van der Waals surface area contributed by atoms with Crippen molar-refractivity contribution in [2.24, 2.45) is 11.8 Å². The summed E-state index contributed by atoms with van der Waals surface area (Å²) in [5.74, 6) is -0.413. The van der Waals surface area contributed by atoms with Crippen LogP contribution in [0.4, 0.5) is 0 Å². The van der Waals surface area contributed by atoms with E-state index < -0.39 is 12.2 Å². The molecule has 1 amide bonds. The number of aryl methyl sites for hydroxylation is 1. The molecule has 30 heavy (non-hydrogen) atoms. The van der Waals surface area contributed by atoms with E-state index in [0.29, 0.717) is 25.8 Å². The Bertz CT molecular complexity index is 713. The van der Waals surface area contributed by atoms with Gasteiger partial charge >= 0.3 is 0 Å². The van der Waals surface area contributed by atoms with Crippen molar-refractivity contribution >= 4 is 11.7 Å². The first-order valence-electron chi connectivity index (χ1n) is 11.0. The van der Waals surface area contributed by atoms with Crippen molar-refractivity contribution in [3.05, 3.63) is 60.2 Å². The summed E-state index contributed by atoms with van der Waals surface area (Å²) in [5.41, 5.74) is 1.17. The molecule has 5 nitrogen and oxygen atoms in total. The number of hydrogen-bond acceptors (Lipinski definition) is 4. The quantitative estimate of drug-likeness (QED) is 0.362. The Morgan fingerprint density at radius 1 is 1.27 bits per heavy atom. The Hall–Kier alpha value is -2.24. The summed E-state index contributed by atoms with van der Waals surface area (Å²) in [5, 5.41) is 23.3. The fourth-order valence-electron chi connectivity index (χ4n) is 3.87. The zero-order valence-corrected chi connectivity index (χ0v) is 17.9. The van der Waals surface area contributed by atoms with E-state index in [0.717, 1.165) is 19.3 Å². The van der Waals surface area contributed by atoms with Gasteiger partial charge in [0.05, 0.1) is 12.2 Å². The van der Waals surface area contributed by atoms with Crippen LogP contribution in [0.25, 0.3) is 0 Å². The first kappa shape index (κ1) is 24.0. The molecule has 1 aliphatic rings. The van der Waals surface area contributed by atoms with Crippen molar-refractivity contribution in [1.82, 2.24) is 5.32 Å². The van der Waals surface area contributed by atoms with Crippen LogP contribution in [-0.4, -0.2) is 40.7 Å². The molecule has 1 fully saturated rings.